The van der Waals surface area contributed by atoms with Gasteiger partial charge in [-0.05, 0) is 30.3 Å². The summed E-state index contributed by atoms with van der Waals surface area (Å²) in [5.74, 6) is -1.13. The third kappa shape index (κ3) is 5.76. The summed E-state index contributed by atoms with van der Waals surface area (Å²) in [6.07, 6.45) is 1.58. The molecule has 4 aromatic rings. The van der Waals surface area contributed by atoms with Crippen molar-refractivity contribution in [1.29, 1.82) is 0 Å². The Hall–Kier alpha value is -4.92. The summed E-state index contributed by atoms with van der Waals surface area (Å²) in [6.45, 7) is 0.850. The molecule has 9 nitrogen and oxygen atoms in total. The van der Waals surface area contributed by atoms with Crippen molar-refractivity contribution in [2.45, 2.75) is 6.92 Å². The SMILES string of the molecule is COc1ccc(NC(C)=O)cc1NC(=O)COC(=O)c1cn(-c2ccccc2)nc1-c1ccccc1. The standard InChI is InChI=1S/C27H24N4O5/c1-18(32)28-20-13-14-24(35-2)23(15-20)29-25(33)17-36-27(34)22-16-31(21-11-7-4-8-12-21)30-26(22)19-9-5-3-6-10-19/h3-16H,17H2,1-2H3,(H,28,32)(H,29,33). The van der Waals surface area contributed by atoms with Crippen LogP contribution in [0, 0.1) is 0 Å². The smallest absolute Gasteiger partial charge is 0.342 e. The van der Waals surface area contributed by atoms with Gasteiger partial charge in [-0.15, -0.1) is 0 Å². The van der Waals surface area contributed by atoms with E-state index in [1.807, 2.05) is 60.7 Å². The quantitative estimate of drug-likeness (QED) is 0.361. The van der Waals surface area contributed by atoms with Gasteiger partial charge in [-0.1, -0.05) is 48.5 Å². The van der Waals surface area contributed by atoms with Gasteiger partial charge in [0.15, 0.2) is 6.61 Å². The molecule has 0 bridgehead atoms. The van der Waals surface area contributed by atoms with Crippen LogP contribution in [-0.4, -0.2) is 41.3 Å². The molecular formula is C27H24N4O5. The van der Waals surface area contributed by atoms with Crippen LogP contribution in [0.5, 0.6) is 5.75 Å². The number of esters is 1. The summed E-state index contributed by atoms with van der Waals surface area (Å²) in [5, 5.41) is 9.87. The maximum atomic E-state index is 13.0. The van der Waals surface area contributed by atoms with Crippen molar-refractivity contribution in [3.63, 3.8) is 0 Å². The van der Waals surface area contributed by atoms with Gasteiger partial charge in [0.1, 0.15) is 17.0 Å². The Bertz CT molecular complexity index is 1380. The Morgan fingerprint density at radius 2 is 1.61 bits per heavy atom. The summed E-state index contributed by atoms with van der Waals surface area (Å²) in [5.41, 5.74) is 2.99. The second-order valence-electron chi connectivity index (χ2n) is 7.76. The van der Waals surface area contributed by atoms with E-state index in [0.717, 1.165) is 11.3 Å². The zero-order valence-corrected chi connectivity index (χ0v) is 19.7. The van der Waals surface area contributed by atoms with Crippen molar-refractivity contribution in [1.82, 2.24) is 9.78 Å². The van der Waals surface area contributed by atoms with E-state index in [1.54, 1.807) is 29.1 Å². The number of hydrogen-bond acceptors (Lipinski definition) is 6. The Morgan fingerprint density at radius 1 is 0.917 bits per heavy atom. The van der Waals surface area contributed by atoms with E-state index in [9.17, 15) is 14.4 Å². The van der Waals surface area contributed by atoms with Crippen molar-refractivity contribution in [2.24, 2.45) is 0 Å². The van der Waals surface area contributed by atoms with E-state index in [2.05, 4.69) is 15.7 Å². The molecule has 4 rings (SSSR count). The number of aromatic nitrogens is 2. The average Bonchev–Trinajstić information content (AvgIpc) is 3.34. The van der Waals surface area contributed by atoms with E-state index in [0.29, 0.717) is 22.8 Å². The number of para-hydroxylation sites is 1. The molecule has 1 heterocycles. The third-order valence-corrected chi connectivity index (χ3v) is 5.13. The lowest BCUT2D eigenvalue weighted by Gasteiger charge is -2.12. The normalized spacial score (nSPS) is 10.4. The molecule has 0 unspecified atom stereocenters. The maximum absolute atomic E-state index is 13.0. The fourth-order valence-corrected chi connectivity index (χ4v) is 3.53. The average molecular weight is 485 g/mol. The molecule has 0 aliphatic heterocycles. The number of rotatable bonds is 8. The Kier molecular flexibility index (Phi) is 7.40. The molecule has 3 aromatic carbocycles. The number of carbonyl (C=O) groups is 3. The van der Waals surface area contributed by atoms with Gasteiger partial charge < -0.3 is 20.1 Å². The van der Waals surface area contributed by atoms with Gasteiger partial charge in [0, 0.05) is 24.4 Å². The largest absolute Gasteiger partial charge is 0.495 e. The molecule has 0 aliphatic carbocycles. The second kappa shape index (κ2) is 11.0. The topological polar surface area (TPSA) is 112 Å². The monoisotopic (exact) mass is 484 g/mol. The van der Waals surface area contributed by atoms with Crippen LogP contribution in [0.15, 0.2) is 85.1 Å². The van der Waals surface area contributed by atoms with Gasteiger partial charge >= 0.3 is 5.97 Å². The Labute approximate surface area is 207 Å². The molecule has 9 heteroatoms. The van der Waals surface area contributed by atoms with E-state index < -0.39 is 18.5 Å². The minimum Gasteiger partial charge on any atom is -0.495 e. The number of methoxy groups -OCH3 is 1. The van der Waals surface area contributed by atoms with E-state index in [-0.39, 0.29) is 11.5 Å². The second-order valence-corrected chi connectivity index (χ2v) is 7.76. The summed E-state index contributed by atoms with van der Waals surface area (Å²) >= 11 is 0. The highest BCUT2D eigenvalue weighted by atomic mass is 16.5. The van der Waals surface area contributed by atoms with E-state index >= 15 is 0 Å². The first-order valence-corrected chi connectivity index (χ1v) is 11.1. The van der Waals surface area contributed by atoms with Crippen molar-refractivity contribution >= 4 is 29.2 Å². The number of amides is 2. The molecule has 0 radical (unpaired) electrons. The number of hydrogen-bond donors (Lipinski definition) is 2. The van der Waals surface area contributed by atoms with Crippen molar-refractivity contribution in [2.75, 3.05) is 24.4 Å². The van der Waals surface area contributed by atoms with Gasteiger partial charge in [0.2, 0.25) is 5.91 Å². The highest BCUT2D eigenvalue weighted by Crippen LogP contribution is 2.28. The third-order valence-electron chi connectivity index (χ3n) is 5.13. The van der Waals surface area contributed by atoms with Gasteiger partial charge in [-0.2, -0.15) is 5.10 Å². The first-order chi connectivity index (χ1) is 17.4. The summed E-state index contributed by atoms with van der Waals surface area (Å²) in [6, 6.07) is 23.4. The number of ether oxygens (including phenoxy) is 2. The van der Waals surface area contributed by atoms with Crippen LogP contribution in [-0.2, 0) is 14.3 Å². The van der Waals surface area contributed by atoms with Crippen molar-refractivity contribution in [3.05, 3.63) is 90.6 Å². The lowest BCUT2D eigenvalue weighted by atomic mass is 10.1. The zero-order valence-electron chi connectivity index (χ0n) is 19.7. The summed E-state index contributed by atoms with van der Waals surface area (Å²) in [7, 11) is 1.46. The predicted octanol–water partition coefficient (Wildman–Crippen LogP) is 4.30. The molecule has 0 aliphatic rings. The lowest BCUT2D eigenvalue weighted by Crippen LogP contribution is -2.21. The number of anilines is 2. The van der Waals surface area contributed by atoms with E-state index in [1.165, 1.54) is 14.0 Å². The number of benzene rings is 3. The number of carbonyl (C=O) groups excluding carboxylic acids is 3. The van der Waals surface area contributed by atoms with Gasteiger partial charge in [-0.3, -0.25) is 9.59 Å². The molecule has 0 saturated carbocycles. The Balaban J connectivity index is 1.51. The van der Waals surface area contributed by atoms with Crippen molar-refractivity contribution in [3.8, 4) is 22.7 Å². The van der Waals surface area contributed by atoms with E-state index in [4.69, 9.17) is 9.47 Å². The fraction of sp³-hybridized carbons (Fsp3) is 0.111. The molecule has 2 N–H and O–H groups in total. The highest BCUT2D eigenvalue weighted by molar-refractivity contribution is 5.99. The number of nitrogens with one attached hydrogen (secondary N) is 2. The molecule has 1 aromatic heterocycles. The van der Waals surface area contributed by atoms with Gasteiger partial charge in [0.25, 0.3) is 5.91 Å². The molecule has 0 saturated heterocycles. The molecule has 36 heavy (non-hydrogen) atoms. The molecule has 0 spiro atoms. The van der Waals surface area contributed by atoms with Gasteiger partial charge in [0.05, 0.1) is 18.5 Å². The molecule has 182 valence electrons. The minimum absolute atomic E-state index is 0.225. The number of nitrogens with zero attached hydrogens (tertiary/aromatic N) is 2. The summed E-state index contributed by atoms with van der Waals surface area (Å²) < 4.78 is 12.2. The lowest BCUT2D eigenvalue weighted by molar-refractivity contribution is -0.119. The van der Waals surface area contributed by atoms with Crippen LogP contribution in [0.4, 0.5) is 11.4 Å². The fourth-order valence-electron chi connectivity index (χ4n) is 3.53. The molecular weight excluding hydrogens is 460 g/mol. The van der Waals surface area contributed by atoms with Crippen LogP contribution in [0.2, 0.25) is 0 Å². The predicted molar refractivity (Wildman–Crippen MR) is 135 cm³/mol. The van der Waals surface area contributed by atoms with Crippen LogP contribution in [0.25, 0.3) is 16.9 Å². The van der Waals surface area contributed by atoms with Crippen LogP contribution >= 0.6 is 0 Å². The molecule has 2 amide bonds. The zero-order chi connectivity index (χ0) is 25.5. The maximum Gasteiger partial charge on any atom is 0.342 e. The van der Waals surface area contributed by atoms with Crippen LogP contribution < -0.4 is 15.4 Å². The van der Waals surface area contributed by atoms with Crippen LogP contribution in [0.3, 0.4) is 0 Å². The first-order valence-electron chi connectivity index (χ1n) is 11.1. The minimum atomic E-state index is -0.690. The van der Waals surface area contributed by atoms with Crippen molar-refractivity contribution < 1.29 is 23.9 Å². The first kappa shape index (κ1) is 24.2. The van der Waals surface area contributed by atoms with Gasteiger partial charge in [-0.25, -0.2) is 9.48 Å². The van der Waals surface area contributed by atoms with Crippen LogP contribution in [0.1, 0.15) is 17.3 Å². The highest BCUT2D eigenvalue weighted by Gasteiger charge is 2.21. The molecule has 0 fully saturated rings. The molecule has 0 atom stereocenters. The summed E-state index contributed by atoms with van der Waals surface area (Å²) in [4.78, 5) is 36.9. The Morgan fingerprint density at radius 3 is 2.28 bits per heavy atom.